The minimum Gasteiger partial charge on any atom is -0.506 e. The smallest absolute Gasteiger partial charge is 0.180 e. The number of Topliss-reactive ketones (excluding diaryl/α,β-unsaturated/α-hetero) is 3. The van der Waals surface area contributed by atoms with E-state index in [9.17, 15) is 19.5 Å². The summed E-state index contributed by atoms with van der Waals surface area (Å²) in [5.41, 5.74) is -0.167. The lowest BCUT2D eigenvalue weighted by atomic mass is 9.70. The first kappa shape index (κ1) is 16.4. The molecular weight excluding hydrogens is 304 g/mol. The Kier molecular flexibility index (Phi) is 4.25. The predicted octanol–water partition coefficient (Wildman–Crippen LogP) is 3.41. The van der Waals surface area contributed by atoms with E-state index < -0.39 is 17.0 Å². The van der Waals surface area contributed by atoms with Crippen LogP contribution >= 0.6 is 11.6 Å². The maximum atomic E-state index is 12.7. The molecule has 0 atom stereocenters. The van der Waals surface area contributed by atoms with Gasteiger partial charge in [-0.3, -0.25) is 9.59 Å². The van der Waals surface area contributed by atoms with Gasteiger partial charge in [-0.25, -0.2) is 0 Å². The SMILES string of the molecule is CC(=O)CCC(=O)C1=C(O)c2ccc(Cl)cc2C(C)(C)C1=O. The topological polar surface area (TPSA) is 71.4 Å². The lowest BCUT2D eigenvalue weighted by molar-refractivity contribution is -0.126. The molecule has 0 radical (unpaired) electrons. The lowest BCUT2D eigenvalue weighted by Crippen LogP contribution is -2.37. The zero-order valence-corrected chi connectivity index (χ0v) is 13.5. The Labute approximate surface area is 133 Å². The number of carbonyl (C=O) groups is 3. The van der Waals surface area contributed by atoms with E-state index in [2.05, 4.69) is 0 Å². The number of aliphatic hydroxyl groups is 1. The van der Waals surface area contributed by atoms with Gasteiger partial charge in [0.1, 0.15) is 17.1 Å². The number of rotatable bonds is 4. The molecule has 4 nitrogen and oxygen atoms in total. The van der Waals surface area contributed by atoms with Gasteiger partial charge in [0.05, 0.1) is 5.41 Å². The largest absolute Gasteiger partial charge is 0.506 e. The van der Waals surface area contributed by atoms with Crippen molar-refractivity contribution < 1.29 is 19.5 Å². The Morgan fingerprint density at radius 3 is 2.45 bits per heavy atom. The summed E-state index contributed by atoms with van der Waals surface area (Å²) >= 11 is 5.97. The maximum absolute atomic E-state index is 12.7. The van der Waals surface area contributed by atoms with E-state index >= 15 is 0 Å². The first-order chi connectivity index (χ1) is 10.2. The fourth-order valence-corrected chi connectivity index (χ4v) is 2.76. The first-order valence-electron chi connectivity index (χ1n) is 6.97. The number of aliphatic hydroxyl groups excluding tert-OH is 1. The summed E-state index contributed by atoms with van der Waals surface area (Å²) in [5.74, 6) is -1.42. The van der Waals surface area contributed by atoms with Crippen LogP contribution in [-0.4, -0.2) is 22.5 Å². The van der Waals surface area contributed by atoms with E-state index in [-0.39, 0.29) is 30.0 Å². The van der Waals surface area contributed by atoms with Gasteiger partial charge in [0, 0.05) is 23.4 Å². The number of benzene rings is 1. The van der Waals surface area contributed by atoms with E-state index in [1.807, 2.05) is 0 Å². The fourth-order valence-electron chi connectivity index (χ4n) is 2.59. The second-order valence-corrected chi connectivity index (χ2v) is 6.43. The molecular formula is C17H17ClO4. The summed E-state index contributed by atoms with van der Waals surface area (Å²) < 4.78 is 0. The van der Waals surface area contributed by atoms with Gasteiger partial charge < -0.3 is 9.90 Å². The quantitative estimate of drug-likeness (QED) is 0.863. The van der Waals surface area contributed by atoms with Crippen molar-refractivity contribution in [3.63, 3.8) is 0 Å². The summed E-state index contributed by atoms with van der Waals surface area (Å²) in [7, 11) is 0. The molecule has 5 heteroatoms. The van der Waals surface area contributed by atoms with Crippen molar-refractivity contribution in [2.24, 2.45) is 0 Å². The summed E-state index contributed by atoms with van der Waals surface area (Å²) in [6.07, 6.45) is -0.0315. The van der Waals surface area contributed by atoms with E-state index in [1.54, 1.807) is 32.0 Å². The molecule has 1 aromatic carbocycles. The molecule has 0 aromatic heterocycles. The van der Waals surface area contributed by atoms with E-state index in [0.717, 1.165) is 0 Å². The zero-order chi connectivity index (χ0) is 16.7. The molecule has 116 valence electrons. The van der Waals surface area contributed by atoms with Crippen LogP contribution in [0, 0.1) is 0 Å². The van der Waals surface area contributed by atoms with Crippen LogP contribution in [0.5, 0.6) is 0 Å². The minimum absolute atomic E-state index is 0.0524. The van der Waals surface area contributed by atoms with Gasteiger partial charge >= 0.3 is 0 Å². The standard InChI is InChI=1S/C17H17ClO4/c1-9(19)4-7-13(20)14-15(21)11-6-5-10(18)8-12(11)17(2,3)16(14)22/h5-6,8,21H,4,7H2,1-3H3. The average Bonchev–Trinajstić information content (AvgIpc) is 2.43. The van der Waals surface area contributed by atoms with Crippen molar-refractivity contribution in [1.82, 2.24) is 0 Å². The molecule has 0 heterocycles. The van der Waals surface area contributed by atoms with Gasteiger partial charge in [0.2, 0.25) is 0 Å². The highest BCUT2D eigenvalue weighted by Crippen LogP contribution is 2.40. The number of carbonyl (C=O) groups excluding carboxylic acids is 3. The van der Waals surface area contributed by atoms with Crippen molar-refractivity contribution in [2.45, 2.75) is 39.0 Å². The summed E-state index contributed by atoms with van der Waals surface area (Å²) in [6, 6.07) is 4.82. The van der Waals surface area contributed by atoms with Gasteiger partial charge in [0.15, 0.2) is 11.6 Å². The molecule has 22 heavy (non-hydrogen) atoms. The molecule has 1 N–H and O–H groups in total. The third kappa shape index (κ3) is 2.71. The number of ketones is 3. The average molecular weight is 321 g/mol. The van der Waals surface area contributed by atoms with Crippen LogP contribution in [0.25, 0.3) is 5.76 Å². The zero-order valence-electron chi connectivity index (χ0n) is 12.7. The number of fused-ring (bicyclic) bond motifs is 1. The molecule has 1 aliphatic carbocycles. The number of hydrogen-bond donors (Lipinski definition) is 1. The summed E-state index contributed by atoms with van der Waals surface area (Å²) in [6.45, 7) is 4.76. The van der Waals surface area contributed by atoms with Crippen molar-refractivity contribution >= 4 is 34.7 Å². The highest BCUT2D eigenvalue weighted by molar-refractivity contribution is 6.32. The number of allylic oxidation sites excluding steroid dienone is 1. The first-order valence-corrected chi connectivity index (χ1v) is 7.35. The minimum atomic E-state index is -0.965. The number of hydrogen-bond acceptors (Lipinski definition) is 4. The van der Waals surface area contributed by atoms with Crippen LogP contribution in [0.15, 0.2) is 23.8 Å². The third-order valence-corrected chi connectivity index (χ3v) is 4.16. The van der Waals surface area contributed by atoms with E-state index in [4.69, 9.17) is 11.6 Å². The van der Waals surface area contributed by atoms with Crippen LogP contribution in [0.3, 0.4) is 0 Å². The van der Waals surface area contributed by atoms with Crippen molar-refractivity contribution in [3.05, 3.63) is 39.9 Å². The Morgan fingerprint density at radius 1 is 1.23 bits per heavy atom. The predicted molar refractivity (Wildman–Crippen MR) is 84.0 cm³/mol. The molecule has 0 saturated heterocycles. The van der Waals surface area contributed by atoms with Crippen LogP contribution in [-0.2, 0) is 19.8 Å². The molecule has 1 aromatic rings. The molecule has 1 aliphatic rings. The fraction of sp³-hybridized carbons (Fsp3) is 0.353. The molecule has 0 bridgehead atoms. The summed E-state index contributed by atoms with van der Waals surface area (Å²) in [5, 5.41) is 10.8. The van der Waals surface area contributed by atoms with Gasteiger partial charge in [-0.05, 0) is 44.5 Å². The second-order valence-electron chi connectivity index (χ2n) is 5.99. The van der Waals surface area contributed by atoms with Crippen LogP contribution < -0.4 is 0 Å². The molecule has 0 unspecified atom stereocenters. The van der Waals surface area contributed by atoms with Crippen molar-refractivity contribution in [2.75, 3.05) is 0 Å². The van der Waals surface area contributed by atoms with Crippen LogP contribution in [0.2, 0.25) is 5.02 Å². The van der Waals surface area contributed by atoms with Crippen molar-refractivity contribution in [3.8, 4) is 0 Å². The molecule has 0 amide bonds. The Hall–Kier alpha value is -1.94. The van der Waals surface area contributed by atoms with E-state index in [0.29, 0.717) is 16.1 Å². The van der Waals surface area contributed by atoms with Gasteiger partial charge in [-0.15, -0.1) is 0 Å². The van der Waals surface area contributed by atoms with E-state index in [1.165, 1.54) is 6.92 Å². The summed E-state index contributed by atoms with van der Waals surface area (Å²) in [4.78, 5) is 35.9. The molecule has 0 fully saturated rings. The highest BCUT2D eigenvalue weighted by atomic mass is 35.5. The second kappa shape index (κ2) is 5.69. The van der Waals surface area contributed by atoms with Crippen molar-refractivity contribution in [1.29, 1.82) is 0 Å². The highest BCUT2D eigenvalue weighted by Gasteiger charge is 2.42. The maximum Gasteiger partial charge on any atom is 0.180 e. The van der Waals surface area contributed by atoms with Crippen LogP contribution in [0.1, 0.15) is 44.7 Å². The normalized spacial score (nSPS) is 16.5. The molecule has 2 rings (SSSR count). The van der Waals surface area contributed by atoms with Gasteiger partial charge in [-0.1, -0.05) is 11.6 Å². The number of halogens is 1. The monoisotopic (exact) mass is 320 g/mol. The Morgan fingerprint density at radius 2 is 1.86 bits per heavy atom. The van der Waals surface area contributed by atoms with Crippen LogP contribution in [0.4, 0.5) is 0 Å². The molecule has 0 aliphatic heterocycles. The van der Waals surface area contributed by atoms with Gasteiger partial charge in [-0.2, -0.15) is 0 Å². The third-order valence-electron chi connectivity index (χ3n) is 3.92. The lowest BCUT2D eigenvalue weighted by Gasteiger charge is -2.32. The molecule has 0 saturated carbocycles. The molecule has 0 spiro atoms. The Bertz CT molecular complexity index is 713. The Balaban J connectivity index is 2.56. The van der Waals surface area contributed by atoms with Gasteiger partial charge in [0.25, 0.3) is 0 Å².